The summed E-state index contributed by atoms with van der Waals surface area (Å²) in [7, 11) is 0. The summed E-state index contributed by atoms with van der Waals surface area (Å²) in [5.41, 5.74) is 0.0422. The summed E-state index contributed by atoms with van der Waals surface area (Å²) < 4.78 is 0. The molecule has 3 amide bonds. The van der Waals surface area contributed by atoms with Crippen molar-refractivity contribution in [3.05, 3.63) is 0 Å². The van der Waals surface area contributed by atoms with E-state index >= 15 is 0 Å². The summed E-state index contributed by atoms with van der Waals surface area (Å²) in [6.07, 6.45) is 9.24. The number of likely N-dealkylation sites (tertiary alicyclic amines) is 1. The van der Waals surface area contributed by atoms with Crippen LogP contribution in [0.3, 0.4) is 0 Å². The number of nitrogens with zero attached hydrogens (tertiary/aromatic N) is 1. The zero-order chi connectivity index (χ0) is 18.3. The van der Waals surface area contributed by atoms with Crippen molar-refractivity contribution in [3.8, 4) is 0 Å². The van der Waals surface area contributed by atoms with Crippen LogP contribution in [0.4, 0.5) is 4.79 Å². The Kier molecular flexibility index (Phi) is 4.91. The summed E-state index contributed by atoms with van der Waals surface area (Å²) in [6.45, 7) is 6.60. The van der Waals surface area contributed by atoms with E-state index in [4.69, 9.17) is 0 Å². The Bertz CT molecular complexity index is 516. The second-order valence-electron chi connectivity index (χ2n) is 10.1. The standard InChI is InChI=1S/C21H35N3O2/c1-14-5-15(2)13-24(12-14)19(25)3-4-22-20(26)23-21-9-16-6-17(10-21)8-18(7-16)11-21/h14-18H,3-13H2,1-2H3,(H2,22,23,26). The van der Waals surface area contributed by atoms with E-state index in [-0.39, 0.29) is 17.5 Å². The first kappa shape index (κ1) is 18.1. The number of hydrogen-bond acceptors (Lipinski definition) is 2. The van der Waals surface area contributed by atoms with Crippen molar-refractivity contribution >= 4 is 11.9 Å². The summed E-state index contributed by atoms with van der Waals surface area (Å²) in [6, 6.07) is -0.0693. The van der Waals surface area contributed by atoms with Crippen LogP contribution in [0.5, 0.6) is 0 Å². The van der Waals surface area contributed by atoms with Gasteiger partial charge in [-0.15, -0.1) is 0 Å². The van der Waals surface area contributed by atoms with Crippen LogP contribution in [0, 0.1) is 29.6 Å². The van der Waals surface area contributed by atoms with Gasteiger partial charge in [0, 0.05) is 31.6 Å². The quantitative estimate of drug-likeness (QED) is 0.808. The lowest BCUT2D eigenvalue weighted by molar-refractivity contribution is -0.133. The Morgan fingerprint density at radius 1 is 0.923 bits per heavy atom. The fourth-order valence-electron chi connectivity index (χ4n) is 6.86. The second kappa shape index (κ2) is 7.05. The molecule has 4 saturated carbocycles. The normalized spacial score (nSPS) is 41.2. The molecule has 0 aromatic carbocycles. The van der Waals surface area contributed by atoms with Gasteiger partial charge in [-0.1, -0.05) is 13.8 Å². The van der Waals surface area contributed by atoms with Crippen LogP contribution in [-0.2, 0) is 4.79 Å². The second-order valence-corrected chi connectivity index (χ2v) is 10.1. The molecule has 2 unspecified atom stereocenters. The van der Waals surface area contributed by atoms with Gasteiger partial charge in [0.2, 0.25) is 5.91 Å². The Balaban J connectivity index is 1.22. The van der Waals surface area contributed by atoms with Crippen molar-refractivity contribution in [2.45, 2.75) is 70.8 Å². The molecule has 1 aliphatic heterocycles. The topological polar surface area (TPSA) is 61.4 Å². The molecule has 146 valence electrons. The molecule has 2 atom stereocenters. The molecule has 5 aliphatic rings. The average molecular weight is 362 g/mol. The molecule has 5 heteroatoms. The first-order valence-electron chi connectivity index (χ1n) is 10.7. The van der Waals surface area contributed by atoms with E-state index in [0.29, 0.717) is 24.8 Å². The first-order valence-corrected chi connectivity index (χ1v) is 10.7. The highest BCUT2D eigenvalue weighted by Gasteiger charge is 2.51. The third kappa shape index (κ3) is 3.86. The van der Waals surface area contributed by atoms with Crippen molar-refractivity contribution in [2.24, 2.45) is 29.6 Å². The van der Waals surface area contributed by atoms with Crippen molar-refractivity contribution in [3.63, 3.8) is 0 Å². The highest BCUT2D eigenvalue weighted by Crippen LogP contribution is 2.55. The Hall–Kier alpha value is -1.26. The van der Waals surface area contributed by atoms with Gasteiger partial charge in [-0.25, -0.2) is 4.79 Å². The number of nitrogens with one attached hydrogen (secondary N) is 2. The van der Waals surface area contributed by atoms with E-state index in [1.54, 1.807) is 0 Å². The largest absolute Gasteiger partial charge is 0.342 e. The minimum Gasteiger partial charge on any atom is -0.342 e. The maximum Gasteiger partial charge on any atom is 0.315 e. The predicted molar refractivity (Wildman–Crippen MR) is 102 cm³/mol. The Morgan fingerprint density at radius 2 is 1.46 bits per heavy atom. The molecule has 0 aromatic rings. The van der Waals surface area contributed by atoms with Crippen LogP contribution >= 0.6 is 0 Å². The van der Waals surface area contributed by atoms with Gasteiger partial charge >= 0.3 is 6.03 Å². The lowest BCUT2D eigenvalue weighted by atomic mass is 9.53. The van der Waals surface area contributed by atoms with Gasteiger partial charge in [0.05, 0.1) is 0 Å². The first-order chi connectivity index (χ1) is 12.4. The summed E-state index contributed by atoms with van der Waals surface area (Å²) in [5.74, 6) is 3.81. The van der Waals surface area contributed by atoms with E-state index in [1.165, 1.54) is 25.7 Å². The van der Waals surface area contributed by atoms with Crippen LogP contribution in [0.25, 0.3) is 0 Å². The van der Waals surface area contributed by atoms with Crippen LogP contribution in [0.2, 0.25) is 0 Å². The van der Waals surface area contributed by atoms with E-state index in [9.17, 15) is 9.59 Å². The van der Waals surface area contributed by atoms with E-state index in [2.05, 4.69) is 24.5 Å². The maximum atomic E-state index is 12.4. The number of urea groups is 1. The zero-order valence-corrected chi connectivity index (χ0v) is 16.4. The highest BCUT2D eigenvalue weighted by molar-refractivity contribution is 5.78. The third-order valence-electron chi connectivity index (χ3n) is 7.26. The fraction of sp³-hybridized carbons (Fsp3) is 0.905. The van der Waals surface area contributed by atoms with Crippen LogP contribution < -0.4 is 10.6 Å². The zero-order valence-electron chi connectivity index (χ0n) is 16.4. The van der Waals surface area contributed by atoms with Gasteiger partial charge < -0.3 is 15.5 Å². The van der Waals surface area contributed by atoms with E-state index in [1.807, 2.05) is 4.90 Å². The lowest BCUT2D eigenvalue weighted by Crippen LogP contribution is -2.61. The molecule has 0 aromatic heterocycles. The van der Waals surface area contributed by atoms with Crippen molar-refractivity contribution in [1.29, 1.82) is 0 Å². The van der Waals surface area contributed by atoms with Crippen LogP contribution in [-0.4, -0.2) is 42.0 Å². The number of hydrogen-bond donors (Lipinski definition) is 2. The number of amides is 3. The monoisotopic (exact) mass is 361 g/mol. The molecule has 5 nitrogen and oxygen atoms in total. The molecule has 1 heterocycles. The molecule has 0 radical (unpaired) electrons. The van der Waals surface area contributed by atoms with Gasteiger partial charge in [-0.3, -0.25) is 4.79 Å². The molecule has 0 spiro atoms. The maximum absolute atomic E-state index is 12.4. The van der Waals surface area contributed by atoms with Crippen molar-refractivity contribution in [1.82, 2.24) is 15.5 Å². The summed E-state index contributed by atoms with van der Waals surface area (Å²) >= 11 is 0. The van der Waals surface area contributed by atoms with Gasteiger partial charge in [0.25, 0.3) is 0 Å². The van der Waals surface area contributed by atoms with E-state index < -0.39 is 0 Å². The number of carbonyl (C=O) groups is 2. The minimum absolute atomic E-state index is 0.0422. The smallest absolute Gasteiger partial charge is 0.315 e. The third-order valence-corrected chi connectivity index (χ3v) is 7.26. The lowest BCUT2D eigenvalue weighted by Gasteiger charge is -2.56. The van der Waals surface area contributed by atoms with Gasteiger partial charge in [0.1, 0.15) is 0 Å². The van der Waals surface area contributed by atoms with Gasteiger partial charge in [-0.2, -0.15) is 0 Å². The predicted octanol–water partition coefficient (Wildman–Crippen LogP) is 3.15. The molecular formula is C21H35N3O2. The molecular weight excluding hydrogens is 326 g/mol. The average Bonchev–Trinajstić information content (AvgIpc) is 2.51. The van der Waals surface area contributed by atoms with Crippen molar-refractivity contribution in [2.75, 3.05) is 19.6 Å². The minimum atomic E-state index is -0.0693. The summed E-state index contributed by atoms with van der Waals surface area (Å²) in [5, 5.41) is 6.27. The van der Waals surface area contributed by atoms with E-state index in [0.717, 1.165) is 50.1 Å². The highest BCUT2D eigenvalue weighted by atomic mass is 16.2. The van der Waals surface area contributed by atoms with Crippen molar-refractivity contribution < 1.29 is 9.59 Å². The summed E-state index contributed by atoms with van der Waals surface area (Å²) in [4.78, 5) is 26.9. The molecule has 5 fully saturated rings. The Morgan fingerprint density at radius 3 is 2.00 bits per heavy atom. The molecule has 26 heavy (non-hydrogen) atoms. The van der Waals surface area contributed by atoms with Gasteiger partial charge in [0.15, 0.2) is 0 Å². The molecule has 5 rings (SSSR count). The molecule has 4 aliphatic carbocycles. The van der Waals surface area contributed by atoms with Gasteiger partial charge in [-0.05, 0) is 74.5 Å². The Labute approximate surface area is 157 Å². The number of carbonyl (C=O) groups excluding carboxylic acids is 2. The van der Waals surface area contributed by atoms with Crippen LogP contribution in [0.15, 0.2) is 0 Å². The SMILES string of the molecule is CC1CC(C)CN(C(=O)CCNC(=O)NC23CC4CC(CC(C4)C2)C3)C1. The number of piperidine rings is 1. The molecule has 2 N–H and O–H groups in total. The fourth-order valence-corrected chi connectivity index (χ4v) is 6.86. The molecule has 4 bridgehead atoms. The molecule has 1 saturated heterocycles. The number of rotatable bonds is 4. The van der Waals surface area contributed by atoms with Crippen LogP contribution in [0.1, 0.15) is 65.2 Å².